The summed E-state index contributed by atoms with van der Waals surface area (Å²) in [5, 5.41) is 0. The van der Waals surface area contributed by atoms with Crippen molar-refractivity contribution in [2.24, 2.45) is 0 Å². The van der Waals surface area contributed by atoms with Gasteiger partial charge in [-0.3, -0.25) is 4.98 Å². The van der Waals surface area contributed by atoms with Gasteiger partial charge in [0.25, 0.3) is 0 Å². The highest BCUT2D eigenvalue weighted by atomic mass is 16.5. The van der Waals surface area contributed by atoms with Gasteiger partial charge in [-0.2, -0.15) is 0 Å². The topological polar surface area (TPSA) is 31.4 Å². The molecule has 3 rings (SSSR count). The fourth-order valence-electron chi connectivity index (χ4n) is 3.23. The van der Waals surface area contributed by atoms with Crippen LogP contribution in [0.5, 0.6) is 11.5 Å². The Balaban J connectivity index is 1.54. The third-order valence-corrected chi connectivity index (χ3v) is 4.74. The van der Waals surface area contributed by atoms with E-state index in [-0.39, 0.29) is 6.10 Å². The highest BCUT2D eigenvalue weighted by Gasteiger charge is 2.07. The minimum Gasteiger partial charge on any atom is -0.497 e. The Morgan fingerprint density at radius 1 is 1.00 bits per heavy atom. The van der Waals surface area contributed by atoms with Gasteiger partial charge >= 0.3 is 0 Å². The summed E-state index contributed by atoms with van der Waals surface area (Å²) in [6.07, 6.45) is 7.09. The van der Waals surface area contributed by atoms with Crippen molar-refractivity contribution < 1.29 is 9.47 Å². The molecule has 0 radical (unpaired) electrons. The van der Waals surface area contributed by atoms with Crippen LogP contribution in [0.4, 0.5) is 0 Å². The lowest BCUT2D eigenvalue weighted by Crippen LogP contribution is -2.11. The van der Waals surface area contributed by atoms with E-state index in [1.165, 1.54) is 22.3 Å². The molecule has 0 spiro atoms. The van der Waals surface area contributed by atoms with Crippen LogP contribution in [0, 0.1) is 6.92 Å². The van der Waals surface area contributed by atoms with Crippen molar-refractivity contribution in [2.45, 2.75) is 39.2 Å². The van der Waals surface area contributed by atoms with E-state index in [2.05, 4.69) is 61.3 Å². The standard InChI is InChI=1S/C24H27NO2/c1-18-16-23(26-3)13-14-24(18)21-9-11-22(12-10-21)27-19(2)6-4-7-20-8-5-15-25-17-20/h5,8-17,19H,4,6-7H2,1-3H3/t19-/m0/s1. The van der Waals surface area contributed by atoms with Gasteiger partial charge in [-0.1, -0.05) is 24.3 Å². The number of nitrogens with zero attached hydrogens (tertiary/aromatic N) is 1. The molecular weight excluding hydrogens is 334 g/mol. The van der Waals surface area contributed by atoms with Crippen LogP contribution in [0.1, 0.15) is 30.9 Å². The molecule has 0 aliphatic rings. The molecule has 140 valence electrons. The highest BCUT2D eigenvalue weighted by Crippen LogP contribution is 2.28. The number of aryl methyl sites for hydroxylation is 2. The number of benzene rings is 2. The predicted octanol–water partition coefficient (Wildman–Crippen LogP) is 5.86. The predicted molar refractivity (Wildman–Crippen MR) is 110 cm³/mol. The van der Waals surface area contributed by atoms with E-state index in [0.717, 1.165) is 30.8 Å². The molecule has 1 atom stereocenters. The molecule has 0 bridgehead atoms. The zero-order valence-corrected chi connectivity index (χ0v) is 16.3. The van der Waals surface area contributed by atoms with E-state index in [4.69, 9.17) is 9.47 Å². The summed E-state index contributed by atoms with van der Waals surface area (Å²) >= 11 is 0. The van der Waals surface area contributed by atoms with E-state index in [1.807, 2.05) is 24.5 Å². The van der Waals surface area contributed by atoms with Crippen molar-refractivity contribution in [1.29, 1.82) is 0 Å². The Morgan fingerprint density at radius 3 is 2.44 bits per heavy atom. The lowest BCUT2D eigenvalue weighted by atomic mass is 10.0. The Hall–Kier alpha value is -2.81. The first-order chi connectivity index (χ1) is 13.2. The number of hydrogen-bond donors (Lipinski definition) is 0. The maximum atomic E-state index is 6.07. The van der Waals surface area contributed by atoms with E-state index >= 15 is 0 Å². The molecule has 27 heavy (non-hydrogen) atoms. The SMILES string of the molecule is COc1ccc(-c2ccc(O[C@@H](C)CCCc3cccnc3)cc2)c(C)c1. The van der Waals surface area contributed by atoms with Crippen LogP contribution >= 0.6 is 0 Å². The molecule has 0 saturated heterocycles. The van der Waals surface area contributed by atoms with Gasteiger partial charge < -0.3 is 9.47 Å². The fraction of sp³-hybridized carbons (Fsp3) is 0.292. The molecule has 3 heteroatoms. The van der Waals surface area contributed by atoms with Crippen LogP contribution in [0.2, 0.25) is 0 Å². The Kier molecular flexibility index (Phi) is 6.48. The van der Waals surface area contributed by atoms with Crippen molar-refractivity contribution >= 4 is 0 Å². The maximum Gasteiger partial charge on any atom is 0.119 e. The molecule has 3 nitrogen and oxygen atoms in total. The van der Waals surface area contributed by atoms with Gasteiger partial charge in [0.2, 0.25) is 0 Å². The minimum atomic E-state index is 0.190. The lowest BCUT2D eigenvalue weighted by molar-refractivity contribution is 0.208. The Bertz CT molecular complexity index is 844. The second-order valence-corrected chi connectivity index (χ2v) is 6.89. The number of pyridine rings is 1. The summed E-state index contributed by atoms with van der Waals surface area (Å²) in [5.41, 5.74) is 4.88. The highest BCUT2D eigenvalue weighted by molar-refractivity contribution is 5.68. The van der Waals surface area contributed by atoms with Crippen LogP contribution in [0.3, 0.4) is 0 Å². The molecule has 3 aromatic rings. The van der Waals surface area contributed by atoms with Gasteiger partial charge in [-0.25, -0.2) is 0 Å². The maximum absolute atomic E-state index is 6.07. The summed E-state index contributed by atoms with van der Waals surface area (Å²) in [5.74, 6) is 1.80. The molecular formula is C24H27NO2. The van der Waals surface area contributed by atoms with Gasteiger partial charge in [-0.15, -0.1) is 0 Å². The summed E-state index contributed by atoms with van der Waals surface area (Å²) in [4.78, 5) is 4.16. The van der Waals surface area contributed by atoms with Gasteiger partial charge in [0, 0.05) is 12.4 Å². The first-order valence-electron chi connectivity index (χ1n) is 9.46. The van der Waals surface area contributed by atoms with Crippen LogP contribution in [-0.2, 0) is 6.42 Å². The van der Waals surface area contributed by atoms with Crippen LogP contribution in [-0.4, -0.2) is 18.2 Å². The summed E-state index contributed by atoms with van der Waals surface area (Å²) in [6.45, 7) is 4.23. The number of hydrogen-bond acceptors (Lipinski definition) is 3. The van der Waals surface area contributed by atoms with Crippen LogP contribution < -0.4 is 9.47 Å². The second-order valence-electron chi connectivity index (χ2n) is 6.89. The number of methoxy groups -OCH3 is 1. The monoisotopic (exact) mass is 361 g/mol. The van der Waals surface area contributed by atoms with Crippen molar-refractivity contribution in [2.75, 3.05) is 7.11 Å². The number of aromatic nitrogens is 1. The second kappa shape index (κ2) is 9.22. The lowest BCUT2D eigenvalue weighted by Gasteiger charge is -2.15. The van der Waals surface area contributed by atoms with Crippen molar-refractivity contribution in [3.05, 3.63) is 78.1 Å². The fourth-order valence-corrected chi connectivity index (χ4v) is 3.23. The quantitative estimate of drug-likeness (QED) is 0.504. The molecule has 1 heterocycles. The van der Waals surface area contributed by atoms with Crippen molar-refractivity contribution in [1.82, 2.24) is 4.98 Å². The van der Waals surface area contributed by atoms with Gasteiger partial charge in [0.1, 0.15) is 11.5 Å². The first kappa shape index (κ1) is 19.0. The zero-order chi connectivity index (χ0) is 19.1. The average molecular weight is 361 g/mol. The van der Waals surface area contributed by atoms with Gasteiger partial charge in [0.05, 0.1) is 13.2 Å². The van der Waals surface area contributed by atoms with E-state index < -0.39 is 0 Å². The third-order valence-electron chi connectivity index (χ3n) is 4.74. The minimum absolute atomic E-state index is 0.190. The molecule has 2 aromatic carbocycles. The number of rotatable bonds is 8. The molecule has 0 aliphatic heterocycles. The normalized spacial score (nSPS) is 11.8. The summed E-state index contributed by atoms with van der Waals surface area (Å²) < 4.78 is 11.4. The number of ether oxygens (including phenoxy) is 2. The van der Waals surface area contributed by atoms with Crippen LogP contribution in [0.25, 0.3) is 11.1 Å². The molecule has 0 N–H and O–H groups in total. The molecule has 0 fully saturated rings. The third kappa shape index (κ3) is 5.33. The molecule has 1 aromatic heterocycles. The summed E-state index contributed by atoms with van der Waals surface area (Å²) in [7, 11) is 1.69. The van der Waals surface area contributed by atoms with Crippen molar-refractivity contribution in [3.63, 3.8) is 0 Å². The summed E-state index contributed by atoms with van der Waals surface area (Å²) in [6, 6.07) is 18.6. The molecule has 0 aliphatic carbocycles. The van der Waals surface area contributed by atoms with E-state index in [1.54, 1.807) is 7.11 Å². The first-order valence-corrected chi connectivity index (χ1v) is 9.46. The average Bonchev–Trinajstić information content (AvgIpc) is 2.69. The van der Waals surface area contributed by atoms with Gasteiger partial charge in [0.15, 0.2) is 0 Å². The van der Waals surface area contributed by atoms with E-state index in [0.29, 0.717) is 0 Å². The zero-order valence-electron chi connectivity index (χ0n) is 16.3. The van der Waals surface area contributed by atoms with Crippen molar-refractivity contribution in [3.8, 4) is 22.6 Å². The molecule has 0 unspecified atom stereocenters. The molecule has 0 saturated carbocycles. The Labute approximate surface area is 162 Å². The largest absolute Gasteiger partial charge is 0.497 e. The molecule has 0 amide bonds. The van der Waals surface area contributed by atoms with Gasteiger partial charge in [-0.05, 0) is 85.7 Å². The smallest absolute Gasteiger partial charge is 0.119 e. The Morgan fingerprint density at radius 2 is 1.78 bits per heavy atom. The van der Waals surface area contributed by atoms with E-state index in [9.17, 15) is 0 Å². The van der Waals surface area contributed by atoms with Crippen LogP contribution in [0.15, 0.2) is 67.0 Å².